The van der Waals surface area contributed by atoms with Crippen molar-refractivity contribution in [2.75, 3.05) is 5.75 Å². The molecular weight excluding hydrogens is 328 g/mol. The summed E-state index contributed by atoms with van der Waals surface area (Å²) in [5.41, 5.74) is 0.788. The van der Waals surface area contributed by atoms with Crippen LogP contribution in [0, 0.1) is 0 Å². The highest BCUT2D eigenvalue weighted by Crippen LogP contribution is 2.27. The van der Waals surface area contributed by atoms with Crippen molar-refractivity contribution >= 4 is 29.3 Å². The Balaban J connectivity index is 1.79. The first kappa shape index (κ1) is 14.6. The molecule has 0 bridgehead atoms. The molecule has 0 aliphatic carbocycles. The molecule has 0 aliphatic rings. The Labute approximate surface area is 133 Å². The summed E-state index contributed by atoms with van der Waals surface area (Å²) in [6.07, 6.45) is 1.61. The summed E-state index contributed by atoms with van der Waals surface area (Å²) < 4.78 is 5.69. The third kappa shape index (κ3) is 3.29. The number of nitrogens with one attached hydrogen (secondary N) is 1. The summed E-state index contributed by atoms with van der Waals surface area (Å²) in [4.78, 5) is 18.7. The van der Waals surface area contributed by atoms with Gasteiger partial charge in [-0.15, -0.1) is 5.10 Å². The number of pyridine rings is 1. The maximum Gasteiger partial charge on any atom is 0.313 e. The van der Waals surface area contributed by atoms with Gasteiger partial charge >= 0.3 is 5.97 Å². The second-order valence-corrected chi connectivity index (χ2v) is 5.51. The zero-order chi connectivity index (χ0) is 15.5. The van der Waals surface area contributed by atoms with Gasteiger partial charge in [0.25, 0.3) is 0 Å². The van der Waals surface area contributed by atoms with Crippen LogP contribution in [0.1, 0.15) is 0 Å². The van der Waals surface area contributed by atoms with E-state index in [1.807, 2.05) is 0 Å². The lowest BCUT2D eigenvalue weighted by molar-refractivity contribution is -0.133. The van der Waals surface area contributed by atoms with Crippen molar-refractivity contribution in [1.29, 1.82) is 0 Å². The lowest BCUT2D eigenvalue weighted by atomic mass is 10.2. The van der Waals surface area contributed by atoms with Gasteiger partial charge in [0.2, 0.25) is 5.16 Å². The predicted octanol–water partition coefficient (Wildman–Crippen LogP) is 2.96. The van der Waals surface area contributed by atoms with Gasteiger partial charge in [0.15, 0.2) is 11.6 Å². The van der Waals surface area contributed by atoms with Crippen molar-refractivity contribution in [3.63, 3.8) is 0 Å². The van der Waals surface area contributed by atoms with Gasteiger partial charge in [-0.25, -0.2) is 4.98 Å². The summed E-state index contributed by atoms with van der Waals surface area (Å²) in [7, 11) is 0. The molecule has 0 amide bonds. The Morgan fingerprint density at radius 2 is 2.14 bits per heavy atom. The summed E-state index contributed by atoms with van der Waals surface area (Å²) in [5.74, 6) is 0.528. The number of furan rings is 1. The van der Waals surface area contributed by atoms with Crippen molar-refractivity contribution in [3.8, 4) is 22.9 Å². The van der Waals surface area contributed by atoms with Gasteiger partial charge in [-0.1, -0.05) is 23.4 Å². The molecule has 3 rings (SSSR count). The van der Waals surface area contributed by atoms with E-state index >= 15 is 0 Å². The standard InChI is InChI=1S/C13H9ClN4O3S/c14-10-4-1-7(5-15-10)8-2-3-9(21-8)12-16-13(18-17-12)22-6-11(19)20/h1-5H,6H2,(H,19,20)(H,16,17,18). The topological polar surface area (TPSA) is 105 Å². The van der Waals surface area contributed by atoms with E-state index in [4.69, 9.17) is 21.1 Å². The number of nitrogens with zero attached hydrogens (tertiary/aromatic N) is 3. The van der Waals surface area contributed by atoms with Crippen LogP contribution in [0.15, 0.2) is 40.0 Å². The van der Waals surface area contributed by atoms with E-state index in [0.29, 0.717) is 27.7 Å². The van der Waals surface area contributed by atoms with Crippen LogP contribution in [-0.2, 0) is 4.79 Å². The molecular formula is C13H9ClN4O3S. The molecule has 2 N–H and O–H groups in total. The highest BCUT2D eigenvalue weighted by molar-refractivity contribution is 7.99. The number of thioether (sulfide) groups is 1. The van der Waals surface area contributed by atoms with Crippen molar-refractivity contribution in [2.45, 2.75) is 5.16 Å². The Kier molecular flexibility index (Phi) is 4.12. The van der Waals surface area contributed by atoms with Gasteiger partial charge in [0.05, 0.1) is 5.75 Å². The number of aromatic nitrogens is 4. The van der Waals surface area contributed by atoms with Crippen LogP contribution >= 0.6 is 23.4 Å². The fraction of sp³-hybridized carbons (Fsp3) is 0.0769. The maximum absolute atomic E-state index is 10.5. The summed E-state index contributed by atoms with van der Waals surface area (Å²) >= 11 is 6.78. The van der Waals surface area contributed by atoms with E-state index < -0.39 is 5.97 Å². The third-order valence-electron chi connectivity index (χ3n) is 2.64. The number of rotatable bonds is 5. The molecule has 9 heteroatoms. The van der Waals surface area contributed by atoms with Gasteiger partial charge in [-0.05, 0) is 24.3 Å². The first-order chi connectivity index (χ1) is 10.6. The Morgan fingerprint density at radius 1 is 1.32 bits per heavy atom. The maximum atomic E-state index is 10.5. The number of hydrogen-bond donors (Lipinski definition) is 2. The molecule has 7 nitrogen and oxygen atoms in total. The zero-order valence-electron chi connectivity index (χ0n) is 11.0. The molecule has 3 aromatic heterocycles. The molecule has 0 spiro atoms. The average Bonchev–Trinajstić information content (AvgIpc) is 3.15. The quantitative estimate of drug-likeness (QED) is 0.545. The van der Waals surface area contributed by atoms with E-state index in [1.165, 1.54) is 0 Å². The number of halogens is 1. The van der Waals surface area contributed by atoms with E-state index in [2.05, 4.69) is 20.2 Å². The fourth-order valence-electron chi connectivity index (χ4n) is 1.69. The molecule has 0 fully saturated rings. The minimum Gasteiger partial charge on any atom is -0.481 e. The first-order valence-electron chi connectivity index (χ1n) is 6.11. The van der Waals surface area contributed by atoms with Crippen LogP contribution in [0.4, 0.5) is 0 Å². The van der Waals surface area contributed by atoms with Gasteiger partial charge in [0.1, 0.15) is 10.9 Å². The van der Waals surface area contributed by atoms with Crippen molar-refractivity contribution in [1.82, 2.24) is 20.2 Å². The average molecular weight is 337 g/mol. The van der Waals surface area contributed by atoms with E-state index in [0.717, 1.165) is 17.3 Å². The monoisotopic (exact) mass is 336 g/mol. The Hall–Kier alpha value is -2.32. The number of carbonyl (C=O) groups is 1. The molecule has 0 saturated heterocycles. The molecule has 0 aromatic carbocycles. The van der Waals surface area contributed by atoms with Crippen LogP contribution in [0.5, 0.6) is 0 Å². The fourth-order valence-corrected chi connectivity index (χ4v) is 2.32. The molecule has 3 heterocycles. The van der Waals surface area contributed by atoms with E-state index in [-0.39, 0.29) is 5.75 Å². The van der Waals surface area contributed by atoms with Gasteiger partial charge < -0.3 is 9.52 Å². The first-order valence-corrected chi connectivity index (χ1v) is 7.47. The van der Waals surface area contributed by atoms with Crippen LogP contribution < -0.4 is 0 Å². The number of carboxylic acid groups (broad SMARTS) is 1. The van der Waals surface area contributed by atoms with Gasteiger partial charge in [-0.2, -0.15) is 4.98 Å². The van der Waals surface area contributed by atoms with Crippen molar-refractivity contribution in [2.24, 2.45) is 0 Å². The SMILES string of the molecule is O=C(O)CSc1n[nH]c(-c2ccc(-c3ccc(Cl)nc3)o2)n1. The highest BCUT2D eigenvalue weighted by atomic mass is 35.5. The predicted molar refractivity (Wildman–Crippen MR) is 80.7 cm³/mol. The highest BCUT2D eigenvalue weighted by Gasteiger charge is 2.12. The van der Waals surface area contributed by atoms with Crippen LogP contribution in [0.3, 0.4) is 0 Å². The smallest absolute Gasteiger partial charge is 0.313 e. The number of carboxylic acids is 1. The zero-order valence-corrected chi connectivity index (χ0v) is 12.6. The number of H-pyrrole nitrogens is 1. The molecule has 112 valence electrons. The second kappa shape index (κ2) is 6.20. The number of aliphatic carboxylic acids is 1. The number of hydrogen-bond acceptors (Lipinski definition) is 6. The molecule has 3 aromatic rings. The summed E-state index contributed by atoms with van der Waals surface area (Å²) in [6.45, 7) is 0. The van der Waals surface area contributed by atoms with Crippen molar-refractivity contribution in [3.05, 3.63) is 35.6 Å². The summed E-state index contributed by atoms with van der Waals surface area (Å²) in [6, 6.07) is 7.00. The van der Waals surface area contributed by atoms with Crippen molar-refractivity contribution < 1.29 is 14.3 Å². The largest absolute Gasteiger partial charge is 0.481 e. The lowest BCUT2D eigenvalue weighted by Crippen LogP contribution is -1.97. The van der Waals surface area contributed by atoms with Crippen LogP contribution in [-0.4, -0.2) is 37.0 Å². The normalized spacial score (nSPS) is 10.8. The Morgan fingerprint density at radius 3 is 2.86 bits per heavy atom. The molecule has 0 aliphatic heterocycles. The molecule has 0 atom stereocenters. The molecule has 0 unspecified atom stereocenters. The van der Waals surface area contributed by atoms with E-state index in [1.54, 1.807) is 30.5 Å². The second-order valence-electron chi connectivity index (χ2n) is 4.18. The van der Waals surface area contributed by atoms with Gasteiger partial charge in [0, 0.05) is 11.8 Å². The third-order valence-corrected chi connectivity index (χ3v) is 3.70. The Bertz CT molecular complexity index is 800. The number of aromatic amines is 1. The lowest BCUT2D eigenvalue weighted by Gasteiger charge is -1.96. The summed E-state index contributed by atoms with van der Waals surface area (Å²) in [5, 5.41) is 16.0. The molecule has 0 radical (unpaired) electrons. The molecule has 22 heavy (non-hydrogen) atoms. The van der Waals surface area contributed by atoms with E-state index in [9.17, 15) is 4.79 Å². The van der Waals surface area contributed by atoms with Crippen LogP contribution in [0.2, 0.25) is 5.15 Å². The minimum absolute atomic E-state index is 0.100. The minimum atomic E-state index is -0.924. The van der Waals surface area contributed by atoms with Crippen LogP contribution in [0.25, 0.3) is 22.9 Å². The van der Waals surface area contributed by atoms with Gasteiger partial charge in [-0.3, -0.25) is 9.89 Å². The molecule has 0 saturated carbocycles.